The first-order chi connectivity index (χ1) is 14.8. The molecule has 1 aliphatic heterocycles. The summed E-state index contributed by atoms with van der Waals surface area (Å²) in [5.74, 6) is 1.80. The number of amides is 1. The van der Waals surface area contributed by atoms with Crippen molar-refractivity contribution in [2.45, 2.75) is 47.1 Å². The summed E-state index contributed by atoms with van der Waals surface area (Å²) in [5, 5.41) is 10.3. The van der Waals surface area contributed by atoms with Crippen LogP contribution < -0.4 is 0 Å². The number of phenolic OH excluding ortho intramolecular Hbond substituents is 1. The number of benzene rings is 2. The Bertz CT molecular complexity index is 877. The average Bonchev–Trinajstić information content (AvgIpc) is 3.10. The molecule has 1 N–H and O–H groups in total. The smallest absolute Gasteiger partial charge is 0.225 e. The normalized spacial score (nSPS) is 19.3. The number of aryl methyl sites for hydroxylation is 1. The number of hydrogen-bond donors (Lipinski definition) is 1. The van der Waals surface area contributed by atoms with Crippen LogP contribution in [0.2, 0.25) is 0 Å². The van der Waals surface area contributed by atoms with E-state index in [9.17, 15) is 9.90 Å². The lowest BCUT2D eigenvalue weighted by Gasteiger charge is -2.31. The van der Waals surface area contributed by atoms with Crippen molar-refractivity contribution >= 4 is 5.91 Å². The molecule has 1 fully saturated rings. The van der Waals surface area contributed by atoms with Crippen LogP contribution in [0.1, 0.15) is 50.3 Å². The maximum absolute atomic E-state index is 13.0. The molecule has 2 atom stereocenters. The van der Waals surface area contributed by atoms with Crippen molar-refractivity contribution in [1.29, 1.82) is 0 Å². The molecule has 1 heterocycles. The predicted octanol–water partition coefficient (Wildman–Crippen LogP) is 5.06. The van der Waals surface area contributed by atoms with E-state index >= 15 is 0 Å². The van der Waals surface area contributed by atoms with Crippen LogP contribution in [-0.4, -0.2) is 47.0 Å². The zero-order chi connectivity index (χ0) is 22.5. The molecule has 2 aromatic rings. The van der Waals surface area contributed by atoms with Crippen LogP contribution in [0.4, 0.5) is 0 Å². The number of carbonyl (C=O) groups is 1. The fourth-order valence-electron chi connectivity index (χ4n) is 4.86. The molecule has 0 aliphatic carbocycles. The van der Waals surface area contributed by atoms with Gasteiger partial charge in [-0.05, 0) is 36.0 Å². The highest BCUT2D eigenvalue weighted by atomic mass is 16.3. The van der Waals surface area contributed by atoms with E-state index in [-0.39, 0.29) is 11.8 Å². The van der Waals surface area contributed by atoms with Crippen LogP contribution in [0.15, 0.2) is 48.5 Å². The molecule has 168 valence electrons. The summed E-state index contributed by atoms with van der Waals surface area (Å²) in [6.07, 6.45) is 0. The van der Waals surface area contributed by atoms with E-state index in [4.69, 9.17) is 0 Å². The van der Waals surface area contributed by atoms with Gasteiger partial charge in [-0.15, -0.1) is 0 Å². The topological polar surface area (TPSA) is 43.8 Å². The summed E-state index contributed by atoms with van der Waals surface area (Å²) in [7, 11) is 0. The molecule has 0 bridgehead atoms. The molecular weight excluding hydrogens is 384 g/mol. The molecule has 0 spiro atoms. The Labute approximate surface area is 187 Å². The molecule has 0 aromatic heterocycles. The monoisotopic (exact) mass is 422 g/mol. The Balaban J connectivity index is 1.85. The Morgan fingerprint density at radius 1 is 1.06 bits per heavy atom. The maximum atomic E-state index is 13.0. The number of hydrogen-bond acceptors (Lipinski definition) is 3. The number of nitrogens with zero attached hydrogens (tertiary/aromatic N) is 2. The van der Waals surface area contributed by atoms with Gasteiger partial charge >= 0.3 is 0 Å². The lowest BCUT2D eigenvalue weighted by atomic mass is 9.86. The second kappa shape index (κ2) is 10.3. The number of carbonyl (C=O) groups excluding carboxylic acids is 1. The van der Waals surface area contributed by atoms with Crippen LogP contribution in [0, 0.1) is 24.7 Å². The van der Waals surface area contributed by atoms with Gasteiger partial charge in [0.1, 0.15) is 5.75 Å². The summed E-state index contributed by atoms with van der Waals surface area (Å²) in [6, 6.07) is 16.2. The van der Waals surface area contributed by atoms with Crippen LogP contribution in [-0.2, 0) is 11.3 Å². The molecule has 2 aromatic carbocycles. The Morgan fingerprint density at radius 2 is 1.74 bits per heavy atom. The van der Waals surface area contributed by atoms with Gasteiger partial charge in [-0.1, -0.05) is 70.2 Å². The summed E-state index contributed by atoms with van der Waals surface area (Å²) in [5.41, 5.74) is 3.66. The number of aromatic hydroxyl groups is 1. The highest BCUT2D eigenvalue weighted by Gasteiger charge is 2.36. The van der Waals surface area contributed by atoms with Crippen molar-refractivity contribution in [3.8, 4) is 5.75 Å². The minimum Gasteiger partial charge on any atom is -0.508 e. The number of rotatable bonds is 8. The highest BCUT2D eigenvalue weighted by Crippen LogP contribution is 2.36. The average molecular weight is 423 g/mol. The standard InChI is InChI=1S/C27H38N2O2/c1-19(2)14-29(27(31)20(3)4)17-23-16-28(15-22-11-7-9-13-26(22)30)18-25(23)24-12-8-6-10-21(24)5/h6-13,19-20,23,25,30H,14-18H2,1-5H3. The summed E-state index contributed by atoms with van der Waals surface area (Å²) in [4.78, 5) is 17.5. The quantitative estimate of drug-likeness (QED) is 0.647. The van der Waals surface area contributed by atoms with Gasteiger partial charge in [-0.25, -0.2) is 0 Å². The second-order valence-electron chi connectivity index (χ2n) is 9.84. The van der Waals surface area contributed by atoms with Crippen molar-refractivity contribution in [3.63, 3.8) is 0 Å². The van der Waals surface area contributed by atoms with E-state index in [1.807, 2.05) is 32.0 Å². The molecule has 1 saturated heterocycles. The summed E-state index contributed by atoms with van der Waals surface area (Å²) in [6.45, 7) is 14.7. The van der Waals surface area contributed by atoms with Gasteiger partial charge < -0.3 is 10.0 Å². The summed E-state index contributed by atoms with van der Waals surface area (Å²) < 4.78 is 0. The van der Waals surface area contributed by atoms with E-state index in [1.165, 1.54) is 11.1 Å². The van der Waals surface area contributed by atoms with Crippen LogP contribution in [0.5, 0.6) is 5.75 Å². The van der Waals surface area contributed by atoms with Crippen LogP contribution >= 0.6 is 0 Å². The first-order valence-electron chi connectivity index (χ1n) is 11.6. The van der Waals surface area contributed by atoms with E-state index < -0.39 is 0 Å². The number of likely N-dealkylation sites (tertiary alicyclic amines) is 1. The lowest BCUT2D eigenvalue weighted by Crippen LogP contribution is -2.41. The molecule has 1 amide bonds. The van der Waals surface area contributed by atoms with E-state index in [0.29, 0.717) is 23.5 Å². The van der Waals surface area contributed by atoms with Gasteiger partial charge in [0.15, 0.2) is 0 Å². The molecule has 4 nitrogen and oxygen atoms in total. The fraction of sp³-hybridized carbons (Fsp3) is 0.519. The second-order valence-corrected chi connectivity index (χ2v) is 9.84. The fourth-order valence-corrected chi connectivity index (χ4v) is 4.86. The third-order valence-corrected chi connectivity index (χ3v) is 6.34. The Morgan fingerprint density at radius 3 is 2.39 bits per heavy atom. The SMILES string of the molecule is Cc1ccccc1C1CN(Cc2ccccc2O)CC1CN(CC(C)C)C(=O)C(C)C. The van der Waals surface area contributed by atoms with Gasteiger partial charge in [0, 0.05) is 50.1 Å². The van der Waals surface area contributed by atoms with Crippen molar-refractivity contribution in [3.05, 3.63) is 65.2 Å². The van der Waals surface area contributed by atoms with E-state index in [2.05, 4.69) is 54.8 Å². The maximum Gasteiger partial charge on any atom is 0.225 e. The molecule has 2 unspecified atom stereocenters. The third kappa shape index (κ3) is 5.88. The van der Waals surface area contributed by atoms with Crippen molar-refractivity contribution in [1.82, 2.24) is 9.80 Å². The summed E-state index contributed by atoms with van der Waals surface area (Å²) >= 11 is 0. The van der Waals surface area contributed by atoms with Crippen molar-refractivity contribution < 1.29 is 9.90 Å². The molecule has 0 saturated carbocycles. The van der Waals surface area contributed by atoms with Gasteiger partial charge in [0.05, 0.1) is 0 Å². The minimum absolute atomic E-state index is 0.00873. The van der Waals surface area contributed by atoms with E-state index in [1.54, 1.807) is 6.07 Å². The van der Waals surface area contributed by atoms with Gasteiger partial charge in [0.2, 0.25) is 5.91 Å². The van der Waals surface area contributed by atoms with Crippen LogP contribution in [0.25, 0.3) is 0 Å². The Kier molecular flexibility index (Phi) is 7.77. The van der Waals surface area contributed by atoms with Crippen molar-refractivity contribution in [2.24, 2.45) is 17.8 Å². The highest BCUT2D eigenvalue weighted by molar-refractivity contribution is 5.78. The zero-order valence-corrected chi connectivity index (χ0v) is 19.7. The predicted molar refractivity (Wildman–Crippen MR) is 127 cm³/mol. The van der Waals surface area contributed by atoms with Crippen molar-refractivity contribution in [2.75, 3.05) is 26.2 Å². The Hall–Kier alpha value is -2.33. The van der Waals surface area contributed by atoms with Gasteiger partial charge in [-0.2, -0.15) is 0 Å². The van der Waals surface area contributed by atoms with Gasteiger partial charge in [0.25, 0.3) is 0 Å². The number of para-hydroxylation sites is 1. The first kappa shape index (κ1) is 23.3. The largest absolute Gasteiger partial charge is 0.508 e. The van der Waals surface area contributed by atoms with E-state index in [0.717, 1.165) is 38.3 Å². The zero-order valence-electron chi connectivity index (χ0n) is 19.7. The molecule has 31 heavy (non-hydrogen) atoms. The molecule has 3 rings (SSSR count). The lowest BCUT2D eigenvalue weighted by molar-refractivity contribution is -0.135. The molecule has 0 radical (unpaired) electrons. The first-order valence-corrected chi connectivity index (χ1v) is 11.6. The molecule has 1 aliphatic rings. The molecule has 4 heteroatoms. The number of phenols is 1. The third-order valence-electron chi connectivity index (χ3n) is 6.34. The van der Waals surface area contributed by atoms with Crippen LogP contribution in [0.3, 0.4) is 0 Å². The molecular formula is C27H38N2O2. The minimum atomic E-state index is 0.00873. The van der Waals surface area contributed by atoms with Gasteiger partial charge in [-0.3, -0.25) is 9.69 Å².